The third kappa shape index (κ3) is 5.35. The molecule has 1 rings (SSSR count). The van der Waals surface area contributed by atoms with Crippen molar-refractivity contribution in [3.8, 4) is 0 Å². The molecule has 0 unspecified atom stereocenters. The molecule has 0 aliphatic rings. The summed E-state index contributed by atoms with van der Waals surface area (Å²) in [6.45, 7) is 7.99. The molecule has 0 radical (unpaired) electrons. The first kappa shape index (κ1) is 13.5. The maximum Gasteiger partial charge on any atom is 0.321 e. The van der Waals surface area contributed by atoms with Gasteiger partial charge in [0.25, 0.3) is 0 Å². The molecule has 1 aromatic heterocycles. The van der Waals surface area contributed by atoms with Crippen molar-refractivity contribution in [2.45, 2.75) is 20.3 Å². The Morgan fingerprint density at radius 2 is 2.24 bits per heavy atom. The van der Waals surface area contributed by atoms with E-state index in [0.29, 0.717) is 12.4 Å². The molecular formula is C11H20N4O2. The lowest BCUT2D eigenvalue weighted by Crippen LogP contribution is -2.32. The van der Waals surface area contributed by atoms with Crippen molar-refractivity contribution in [1.82, 2.24) is 15.4 Å². The lowest BCUT2D eigenvalue weighted by atomic mass is 10.3. The van der Waals surface area contributed by atoms with Crippen LogP contribution < -0.4 is 10.6 Å². The average molecular weight is 240 g/mol. The molecule has 1 aromatic rings. The second kappa shape index (κ2) is 7.67. The number of nitrogens with one attached hydrogen (secondary N) is 2. The topological polar surface area (TPSA) is 70.4 Å². The van der Waals surface area contributed by atoms with Gasteiger partial charge in [0.05, 0.1) is 6.20 Å². The molecule has 0 aromatic carbocycles. The van der Waals surface area contributed by atoms with Crippen LogP contribution in [0.3, 0.4) is 0 Å². The molecule has 0 saturated carbocycles. The molecule has 0 spiro atoms. The quantitative estimate of drug-likeness (QED) is 0.709. The number of nitrogens with zero attached hydrogens (tertiary/aromatic N) is 2. The van der Waals surface area contributed by atoms with Gasteiger partial charge in [-0.2, -0.15) is 0 Å². The van der Waals surface area contributed by atoms with E-state index in [9.17, 15) is 4.79 Å². The summed E-state index contributed by atoms with van der Waals surface area (Å²) in [6.07, 6.45) is 2.42. The Morgan fingerprint density at radius 3 is 2.82 bits per heavy atom. The molecule has 0 aliphatic heterocycles. The monoisotopic (exact) mass is 240 g/mol. The molecule has 6 nitrogen and oxygen atoms in total. The summed E-state index contributed by atoms with van der Waals surface area (Å²) < 4.78 is 4.75. The number of urea groups is 1. The first-order valence-corrected chi connectivity index (χ1v) is 5.94. The minimum absolute atomic E-state index is 0.263. The van der Waals surface area contributed by atoms with E-state index in [1.807, 2.05) is 0 Å². The standard InChI is InChI=1S/C11H20N4O2/c1-3-15(4-2)9-5-7-12-11(16)14-10-6-8-13-17-10/h6,8H,3-5,7,9H2,1-2H3,(H2,12,14,16). The maximum atomic E-state index is 11.4. The highest BCUT2D eigenvalue weighted by atomic mass is 16.5. The zero-order chi connectivity index (χ0) is 12.5. The summed E-state index contributed by atoms with van der Waals surface area (Å²) in [4.78, 5) is 13.7. The van der Waals surface area contributed by atoms with E-state index in [0.717, 1.165) is 26.1 Å². The number of carbonyl (C=O) groups is 1. The highest BCUT2D eigenvalue weighted by Crippen LogP contribution is 2.02. The van der Waals surface area contributed by atoms with Crippen molar-refractivity contribution in [1.29, 1.82) is 0 Å². The number of rotatable bonds is 7. The second-order valence-electron chi connectivity index (χ2n) is 3.64. The summed E-state index contributed by atoms with van der Waals surface area (Å²) in [5.41, 5.74) is 0. The highest BCUT2D eigenvalue weighted by molar-refractivity contribution is 5.87. The van der Waals surface area contributed by atoms with Gasteiger partial charge in [-0.05, 0) is 26.1 Å². The van der Waals surface area contributed by atoms with E-state index in [2.05, 4.69) is 34.5 Å². The molecule has 0 atom stereocenters. The Kier molecular flexibility index (Phi) is 6.09. The lowest BCUT2D eigenvalue weighted by Gasteiger charge is -2.17. The molecule has 0 fully saturated rings. The zero-order valence-electron chi connectivity index (χ0n) is 10.4. The molecule has 96 valence electrons. The van der Waals surface area contributed by atoms with Crippen LogP contribution in [0.15, 0.2) is 16.8 Å². The minimum atomic E-state index is -0.263. The Hall–Kier alpha value is -1.56. The number of amides is 2. The second-order valence-corrected chi connectivity index (χ2v) is 3.64. The number of hydrogen-bond acceptors (Lipinski definition) is 4. The SMILES string of the molecule is CCN(CC)CCCNC(=O)Nc1ccno1. The lowest BCUT2D eigenvalue weighted by molar-refractivity contribution is 0.249. The van der Waals surface area contributed by atoms with Gasteiger partial charge in [0, 0.05) is 12.6 Å². The Morgan fingerprint density at radius 1 is 1.47 bits per heavy atom. The highest BCUT2D eigenvalue weighted by Gasteiger charge is 2.03. The van der Waals surface area contributed by atoms with E-state index >= 15 is 0 Å². The summed E-state index contributed by atoms with van der Waals surface area (Å²) >= 11 is 0. The van der Waals surface area contributed by atoms with E-state index < -0.39 is 0 Å². The number of anilines is 1. The molecular weight excluding hydrogens is 220 g/mol. The van der Waals surface area contributed by atoms with E-state index in [-0.39, 0.29) is 6.03 Å². The van der Waals surface area contributed by atoms with Crippen molar-refractivity contribution in [3.63, 3.8) is 0 Å². The van der Waals surface area contributed by atoms with E-state index in [1.165, 1.54) is 6.20 Å². The van der Waals surface area contributed by atoms with Crippen LogP contribution in [0.5, 0.6) is 0 Å². The summed E-state index contributed by atoms with van der Waals surface area (Å²) in [5, 5.41) is 8.80. The van der Waals surface area contributed by atoms with Crippen LogP contribution in [0, 0.1) is 0 Å². The van der Waals surface area contributed by atoms with Crippen molar-refractivity contribution in [3.05, 3.63) is 12.3 Å². The zero-order valence-corrected chi connectivity index (χ0v) is 10.4. The van der Waals surface area contributed by atoms with Crippen LogP contribution in [0.4, 0.5) is 10.7 Å². The van der Waals surface area contributed by atoms with Crippen molar-refractivity contribution < 1.29 is 9.32 Å². The molecule has 0 saturated heterocycles. The Labute approximate surface area is 101 Å². The van der Waals surface area contributed by atoms with Gasteiger partial charge in [-0.25, -0.2) is 4.79 Å². The van der Waals surface area contributed by atoms with Crippen LogP contribution in [-0.2, 0) is 0 Å². The fourth-order valence-electron chi connectivity index (χ4n) is 1.48. The van der Waals surface area contributed by atoms with Gasteiger partial charge in [0.15, 0.2) is 0 Å². The minimum Gasteiger partial charge on any atom is -0.338 e. The fraction of sp³-hybridized carbons (Fsp3) is 0.636. The predicted octanol–water partition coefficient (Wildman–Crippen LogP) is 1.53. The molecule has 1 heterocycles. The molecule has 2 N–H and O–H groups in total. The van der Waals surface area contributed by atoms with Crippen LogP contribution in [0.2, 0.25) is 0 Å². The van der Waals surface area contributed by atoms with Gasteiger partial charge in [0.2, 0.25) is 5.88 Å². The van der Waals surface area contributed by atoms with Gasteiger partial charge in [0.1, 0.15) is 0 Å². The summed E-state index contributed by atoms with van der Waals surface area (Å²) in [6, 6.07) is 1.33. The summed E-state index contributed by atoms with van der Waals surface area (Å²) in [5.74, 6) is 0.353. The van der Waals surface area contributed by atoms with Gasteiger partial charge >= 0.3 is 6.03 Å². The smallest absolute Gasteiger partial charge is 0.321 e. The van der Waals surface area contributed by atoms with E-state index in [1.54, 1.807) is 6.07 Å². The van der Waals surface area contributed by atoms with Gasteiger partial charge in [-0.3, -0.25) is 5.32 Å². The largest absolute Gasteiger partial charge is 0.338 e. The van der Waals surface area contributed by atoms with Crippen LogP contribution in [0.25, 0.3) is 0 Å². The molecule has 6 heteroatoms. The third-order valence-corrected chi connectivity index (χ3v) is 2.51. The maximum absolute atomic E-state index is 11.4. The van der Waals surface area contributed by atoms with Gasteiger partial charge < -0.3 is 14.7 Å². The van der Waals surface area contributed by atoms with Gasteiger partial charge in [-0.15, -0.1) is 0 Å². The number of carbonyl (C=O) groups excluding carboxylic acids is 1. The predicted molar refractivity (Wildman–Crippen MR) is 65.9 cm³/mol. The van der Waals surface area contributed by atoms with Crippen LogP contribution in [-0.4, -0.2) is 42.3 Å². The average Bonchev–Trinajstić information content (AvgIpc) is 2.82. The normalized spacial score (nSPS) is 10.5. The number of aromatic nitrogens is 1. The van der Waals surface area contributed by atoms with Gasteiger partial charge in [-0.1, -0.05) is 19.0 Å². The first-order chi connectivity index (χ1) is 8.26. The van der Waals surface area contributed by atoms with Crippen molar-refractivity contribution in [2.24, 2.45) is 0 Å². The van der Waals surface area contributed by atoms with Crippen molar-refractivity contribution >= 4 is 11.9 Å². The summed E-state index contributed by atoms with van der Waals surface area (Å²) in [7, 11) is 0. The van der Waals surface area contributed by atoms with Crippen molar-refractivity contribution in [2.75, 3.05) is 31.5 Å². The van der Waals surface area contributed by atoms with Crippen LogP contribution >= 0.6 is 0 Å². The molecule has 17 heavy (non-hydrogen) atoms. The van der Waals surface area contributed by atoms with Crippen LogP contribution in [0.1, 0.15) is 20.3 Å². The molecule has 0 bridgehead atoms. The molecule has 0 aliphatic carbocycles. The fourth-order valence-corrected chi connectivity index (χ4v) is 1.48. The molecule has 2 amide bonds. The van der Waals surface area contributed by atoms with E-state index in [4.69, 9.17) is 4.52 Å². The third-order valence-electron chi connectivity index (χ3n) is 2.51. The first-order valence-electron chi connectivity index (χ1n) is 5.94. The Balaban J connectivity index is 2.08. The number of hydrogen-bond donors (Lipinski definition) is 2. The Bertz CT molecular complexity index is 309.